The molecule has 0 saturated heterocycles. The maximum Gasteiger partial charge on any atom is 0.164 e. The zero-order chi connectivity index (χ0) is 29.7. The van der Waals surface area contributed by atoms with Gasteiger partial charge in [0, 0.05) is 48.1 Å². The van der Waals surface area contributed by atoms with Crippen LogP contribution in [0.4, 0.5) is 0 Å². The van der Waals surface area contributed by atoms with Gasteiger partial charge in [-0.1, -0.05) is 104 Å². The number of rotatable bonds is 8. The number of hydrogen-bond donors (Lipinski definition) is 1. The fourth-order valence-electron chi connectivity index (χ4n) is 4.67. The van der Waals surface area contributed by atoms with Crippen LogP contribution in [0.15, 0.2) is 65.7 Å². The number of aromatic nitrogens is 1. The third kappa shape index (κ3) is 7.94. The van der Waals surface area contributed by atoms with Gasteiger partial charge >= 0.3 is 0 Å². The van der Waals surface area contributed by atoms with Gasteiger partial charge in [-0.2, -0.15) is 0 Å². The summed E-state index contributed by atoms with van der Waals surface area (Å²) in [5.74, 6) is 0.286. The Kier molecular flexibility index (Phi) is 12.1. The Labute approximate surface area is 264 Å². The van der Waals surface area contributed by atoms with E-state index >= 15 is 0 Å². The Hall–Kier alpha value is -2.33. The molecule has 0 aliphatic heterocycles. The van der Waals surface area contributed by atoms with Crippen LogP contribution in [0.25, 0.3) is 32.2 Å². The first-order valence-corrected chi connectivity index (χ1v) is 15.5. The van der Waals surface area contributed by atoms with Crippen molar-refractivity contribution < 1.29 is 30.0 Å². The van der Waals surface area contributed by atoms with Crippen molar-refractivity contribution >= 4 is 38.1 Å². The molecule has 0 unspecified atom stereocenters. The van der Waals surface area contributed by atoms with Crippen molar-refractivity contribution in [3.8, 4) is 11.3 Å². The van der Waals surface area contributed by atoms with Crippen LogP contribution < -0.4 is 0 Å². The van der Waals surface area contributed by atoms with Gasteiger partial charge < -0.3 is 5.11 Å². The molecule has 0 bridgehead atoms. The fraction of sp³-hybridized carbons (Fsp3) is 0.444. The number of hydrogen-bond acceptors (Lipinski definition) is 4. The number of aliphatic hydroxyl groups excluding tert-OH is 1. The van der Waals surface area contributed by atoms with Gasteiger partial charge in [0.15, 0.2) is 5.78 Å². The molecule has 0 aliphatic rings. The Morgan fingerprint density at radius 1 is 0.902 bits per heavy atom. The largest absolute Gasteiger partial charge is 0.512 e. The van der Waals surface area contributed by atoms with Crippen LogP contribution in [0, 0.1) is 16.9 Å². The van der Waals surface area contributed by atoms with Gasteiger partial charge in [-0.15, -0.1) is 40.5 Å². The number of carbonyl (C=O) groups is 1. The number of fused-ring (bicyclic) bond motifs is 2. The van der Waals surface area contributed by atoms with Crippen molar-refractivity contribution in [3.05, 3.63) is 77.4 Å². The number of carbonyl (C=O) groups excluding carboxylic acids is 1. The second-order valence-electron chi connectivity index (χ2n) is 12.3. The van der Waals surface area contributed by atoms with Gasteiger partial charge in [0.05, 0.1) is 0 Å². The summed E-state index contributed by atoms with van der Waals surface area (Å²) >= 11 is 1.68. The Balaban J connectivity index is 0.000000296. The van der Waals surface area contributed by atoms with E-state index in [1.54, 1.807) is 11.3 Å². The first-order valence-electron chi connectivity index (χ1n) is 14.6. The van der Waals surface area contributed by atoms with E-state index in [0.29, 0.717) is 0 Å². The Bertz CT molecular complexity index is 1490. The zero-order valence-corrected chi connectivity index (χ0v) is 29.4. The van der Waals surface area contributed by atoms with Gasteiger partial charge in [-0.05, 0) is 42.5 Å². The number of aliphatic hydroxyl groups is 1. The van der Waals surface area contributed by atoms with E-state index in [2.05, 4.69) is 80.7 Å². The molecule has 3 nitrogen and oxygen atoms in total. The van der Waals surface area contributed by atoms with Gasteiger partial charge in [-0.25, -0.2) is 0 Å². The summed E-state index contributed by atoms with van der Waals surface area (Å²) < 4.78 is 0. The molecule has 0 saturated carbocycles. The summed E-state index contributed by atoms with van der Waals surface area (Å²) in [6.07, 6.45) is 4.75. The molecule has 4 rings (SSSR count). The van der Waals surface area contributed by atoms with Crippen molar-refractivity contribution in [1.29, 1.82) is 0 Å². The summed E-state index contributed by atoms with van der Waals surface area (Å²) in [7, 11) is 0. The van der Waals surface area contributed by atoms with Crippen molar-refractivity contribution in [1.82, 2.24) is 4.98 Å². The van der Waals surface area contributed by atoms with E-state index in [0.717, 1.165) is 47.2 Å². The van der Waals surface area contributed by atoms with Crippen LogP contribution in [0.2, 0.25) is 0 Å². The van der Waals surface area contributed by atoms with Crippen molar-refractivity contribution in [2.24, 2.45) is 10.8 Å². The molecule has 4 aromatic rings. The molecular weight excluding hydrogens is 703 g/mol. The second-order valence-corrected chi connectivity index (χ2v) is 13.2. The normalized spacial score (nSPS) is 12.6. The average molecular weight is 749 g/mol. The third-order valence-electron chi connectivity index (χ3n) is 8.78. The molecule has 41 heavy (non-hydrogen) atoms. The number of allylic oxidation sites excluding steroid dienone is 2. The quantitative estimate of drug-likeness (QED) is 0.111. The zero-order valence-electron chi connectivity index (χ0n) is 26.1. The van der Waals surface area contributed by atoms with Crippen LogP contribution >= 0.6 is 11.3 Å². The predicted molar refractivity (Wildman–Crippen MR) is 173 cm³/mol. The molecule has 0 spiro atoms. The second kappa shape index (κ2) is 14.2. The van der Waals surface area contributed by atoms with E-state index in [1.807, 2.05) is 41.5 Å². The minimum absolute atomic E-state index is 0. The number of thiophene rings is 1. The van der Waals surface area contributed by atoms with E-state index in [-0.39, 0.29) is 47.9 Å². The Morgan fingerprint density at radius 3 is 2.10 bits per heavy atom. The van der Waals surface area contributed by atoms with Crippen LogP contribution in [-0.2, 0) is 30.3 Å². The smallest absolute Gasteiger partial charge is 0.164 e. The predicted octanol–water partition coefficient (Wildman–Crippen LogP) is 10.9. The van der Waals surface area contributed by atoms with E-state index < -0.39 is 0 Å². The summed E-state index contributed by atoms with van der Waals surface area (Å²) in [5.41, 5.74) is 2.89. The van der Waals surface area contributed by atoms with Crippen LogP contribution in [0.1, 0.15) is 93.6 Å². The van der Waals surface area contributed by atoms with E-state index in [1.165, 1.54) is 22.4 Å². The molecule has 2 aromatic heterocycles. The molecule has 0 atom stereocenters. The summed E-state index contributed by atoms with van der Waals surface area (Å²) in [4.78, 5) is 18.1. The minimum atomic E-state index is -0.337. The molecule has 5 heteroatoms. The number of ketones is 1. The first-order chi connectivity index (χ1) is 18.8. The van der Waals surface area contributed by atoms with Gasteiger partial charge in [0.2, 0.25) is 0 Å². The molecule has 0 aliphatic carbocycles. The topological polar surface area (TPSA) is 50.2 Å². The third-order valence-corrected chi connectivity index (χ3v) is 9.60. The van der Waals surface area contributed by atoms with Crippen LogP contribution in [-0.4, -0.2) is 15.9 Å². The summed E-state index contributed by atoms with van der Waals surface area (Å²) in [5, 5.41) is 15.9. The number of benzene rings is 2. The standard InChI is InChI=1S/C21H18NS.C15H28O2.Ir/c1-21(2,3)18-13-16(12-15-6-4-5-7-17(15)18)19-9-8-14-10-11-23-20(14)22-19;1-7-14(5,8-2)12(16)11-13(17)15(6,9-3)10-4;/h4-11,13H,1-3H3;11,16H,7-10H2,1-6H3;/q-1;;/b;12-11-;. The van der Waals surface area contributed by atoms with Crippen LogP contribution in [0.3, 0.4) is 0 Å². The van der Waals surface area contributed by atoms with Gasteiger partial charge in [-0.3, -0.25) is 9.78 Å². The Morgan fingerprint density at radius 2 is 1.51 bits per heavy atom. The van der Waals surface area contributed by atoms with Crippen molar-refractivity contribution in [3.63, 3.8) is 0 Å². The monoisotopic (exact) mass is 749 g/mol. The number of pyridine rings is 1. The molecule has 1 N–H and O–H groups in total. The average Bonchev–Trinajstić information content (AvgIpc) is 3.43. The summed E-state index contributed by atoms with van der Waals surface area (Å²) in [6.45, 7) is 18.9. The van der Waals surface area contributed by atoms with Crippen LogP contribution in [0.5, 0.6) is 0 Å². The number of nitrogens with zero attached hydrogens (tertiary/aromatic N) is 1. The van der Waals surface area contributed by atoms with E-state index in [4.69, 9.17) is 4.98 Å². The summed E-state index contributed by atoms with van der Waals surface area (Å²) in [6, 6.07) is 20.7. The maximum atomic E-state index is 12.2. The molecule has 2 heterocycles. The minimum Gasteiger partial charge on any atom is -0.512 e. The van der Waals surface area contributed by atoms with Crippen molar-refractivity contribution in [2.75, 3.05) is 0 Å². The maximum absolute atomic E-state index is 12.2. The molecule has 0 amide bonds. The fourth-order valence-corrected chi connectivity index (χ4v) is 5.43. The van der Waals surface area contributed by atoms with Crippen molar-refractivity contribution in [2.45, 2.75) is 93.4 Å². The molecule has 223 valence electrons. The van der Waals surface area contributed by atoms with E-state index in [9.17, 15) is 9.90 Å². The molecular formula is C36H46IrNO2S-. The van der Waals surface area contributed by atoms with Gasteiger partial charge in [0.25, 0.3) is 0 Å². The van der Waals surface area contributed by atoms with Gasteiger partial charge in [0.1, 0.15) is 10.6 Å². The first kappa shape index (κ1) is 34.9. The molecule has 1 radical (unpaired) electrons. The SMILES string of the molecule is CC(C)(C)c1cc(-c2ccc3ccsc3n2)[c-]c2ccccc12.CCC(C)(CC)C(=O)/C=C(\O)C(C)(CC)CC.[Ir]. The molecule has 2 aromatic carbocycles. The molecule has 0 fully saturated rings.